The zero-order valence-corrected chi connectivity index (χ0v) is 10.6. The van der Waals surface area contributed by atoms with Crippen LogP contribution in [-0.2, 0) is 0 Å². The van der Waals surface area contributed by atoms with Crippen LogP contribution in [0.4, 0.5) is 0 Å². The molecule has 2 aromatic rings. The van der Waals surface area contributed by atoms with Crippen LogP contribution in [-0.4, -0.2) is 12.6 Å². The molecular formula is C15H20N2O. The molecule has 3 heteroatoms. The summed E-state index contributed by atoms with van der Waals surface area (Å²) in [5, 5.41) is 4.70. The SMILES string of the molecule is NC(CC1CCCCN1)c1coc2ccccc12. The summed E-state index contributed by atoms with van der Waals surface area (Å²) in [6, 6.07) is 8.72. The molecule has 0 spiro atoms. The number of nitrogens with one attached hydrogen (secondary N) is 1. The lowest BCUT2D eigenvalue weighted by Gasteiger charge is -2.25. The summed E-state index contributed by atoms with van der Waals surface area (Å²) in [5.74, 6) is 0. The van der Waals surface area contributed by atoms with Crippen molar-refractivity contribution in [2.45, 2.75) is 37.8 Å². The molecule has 1 saturated heterocycles. The number of piperidine rings is 1. The van der Waals surface area contributed by atoms with Crippen molar-refractivity contribution in [1.29, 1.82) is 0 Å². The van der Waals surface area contributed by atoms with Crippen LogP contribution in [0, 0.1) is 0 Å². The Labute approximate surface area is 107 Å². The predicted octanol–water partition coefficient (Wildman–Crippen LogP) is 2.96. The second kappa shape index (κ2) is 5.12. The number of hydrogen-bond acceptors (Lipinski definition) is 3. The predicted molar refractivity (Wildman–Crippen MR) is 73.4 cm³/mol. The number of rotatable bonds is 3. The first-order valence-corrected chi connectivity index (χ1v) is 6.79. The Kier molecular flexibility index (Phi) is 3.35. The second-order valence-electron chi connectivity index (χ2n) is 5.18. The van der Waals surface area contributed by atoms with E-state index in [9.17, 15) is 0 Å². The Balaban J connectivity index is 1.76. The summed E-state index contributed by atoms with van der Waals surface area (Å²) in [4.78, 5) is 0. The standard InChI is InChI=1S/C15H20N2O/c16-14(9-11-5-3-4-8-17-11)13-10-18-15-7-2-1-6-12(13)15/h1-2,6-7,10-11,14,17H,3-5,8-9,16H2. The van der Waals surface area contributed by atoms with Crippen molar-refractivity contribution in [3.8, 4) is 0 Å². The van der Waals surface area contributed by atoms with Gasteiger partial charge in [-0.3, -0.25) is 0 Å². The molecule has 2 atom stereocenters. The van der Waals surface area contributed by atoms with Crippen LogP contribution in [0.15, 0.2) is 34.9 Å². The third-order valence-electron chi connectivity index (χ3n) is 3.86. The Bertz CT molecular complexity index is 514. The molecule has 3 rings (SSSR count). The first-order valence-electron chi connectivity index (χ1n) is 6.79. The summed E-state index contributed by atoms with van der Waals surface area (Å²) < 4.78 is 5.56. The van der Waals surface area contributed by atoms with E-state index in [2.05, 4.69) is 11.4 Å². The highest BCUT2D eigenvalue weighted by molar-refractivity contribution is 5.81. The van der Waals surface area contributed by atoms with Crippen molar-refractivity contribution in [1.82, 2.24) is 5.32 Å². The average Bonchev–Trinajstić information content (AvgIpc) is 2.84. The van der Waals surface area contributed by atoms with E-state index in [4.69, 9.17) is 10.2 Å². The van der Waals surface area contributed by atoms with Gasteiger partial charge in [-0.1, -0.05) is 24.6 Å². The zero-order valence-electron chi connectivity index (χ0n) is 10.6. The maximum atomic E-state index is 6.34. The molecule has 1 aromatic heterocycles. The lowest BCUT2D eigenvalue weighted by atomic mass is 9.94. The highest BCUT2D eigenvalue weighted by Crippen LogP contribution is 2.28. The van der Waals surface area contributed by atoms with Crippen molar-refractivity contribution in [3.05, 3.63) is 36.1 Å². The van der Waals surface area contributed by atoms with Crippen molar-refractivity contribution < 1.29 is 4.42 Å². The lowest BCUT2D eigenvalue weighted by molar-refractivity contribution is 0.362. The van der Waals surface area contributed by atoms with Gasteiger partial charge in [-0.2, -0.15) is 0 Å². The Morgan fingerprint density at radius 3 is 3.06 bits per heavy atom. The molecular weight excluding hydrogens is 224 g/mol. The van der Waals surface area contributed by atoms with Crippen molar-refractivity contribution >= 4 is 11.0 Å². The topological polar surface area (TPSA) is 51.2 Å². The quantitative estimate of drug-likeness (QED) is 0.872. The maximum Gasteiger partial charge on any atom is 0.134 e. The van der Waals surface area contributed by atoms with Gasteiger partial charge in [0.05, 0.1) is 6.26 Å². The molecule has 2 unspecified atom stereocenters. The van der Waals surface area contributed by atoms with Gasteiger partial charge in [0.25, 0.3) is 0 Å². The number of fused-ring (bicyclic) bond motifs is 1. The van der Waals surface area contributed by atoms with Crippen LogP contribution >= 0.6 is 0 Å². The van der Waals surface area contributed by atoms with Crippen molar-refractivity contribution in [3.63, 3.8) is 0 Å². The number of nitrogens with two attached hydrogens (primary N) is 1. The van der Waals surface area contributed by atoms with Gasteiger partial charge in [-0.25, -0.2) is 0 Å². The monoisotopic (exact) mass is 244 g/mol. The maximum absolute atomic E-state index is 6.34. The Morgan fingerprint density at radius 2 is 2.22 bits per heavy atom. The largest absolute Gasteiger partial charge is 0.464 e. The van der Waals surface area contributed by atoms with E-state index in [-0.39, 0.29) is 6.04 Å². The van der Waals surface area contributed by atoms with E-state index >= 15 is 0 Å². The van der Waals surface area contributed by atoms with E-state index in [1.54, 1.807) is 0 Å². The van der Waals surface area contributed by atoms with Gasteiger partial charge < -0.3 is 15.5 Å². The fourth-order valence-electron chi connectivity index (χ4n) is 2.84. The summed E-state index contributed by atoms with van der Waals surface area (Å²) in [6.45, 7) is 1.13. The Hall–Kier alpha value is -1.32. The first kappa shape index (κ1) is 11.8. The van der Waals surface area contributed by atoms with E-state index in [0.717, 1.165) is 29.5 Å². The van der Waals surface area contributed by atoms with Crippen LogP contribution in [0.25, 0.3) is 11.0 Å². The van der Waals surface area contributed by atoms with Gasteiger partial charge in [0.2, 0.25) is 0 Å². The van der Waals surface area contributed by atoms with E-state index in [1.807, 2.05) is 24.5 Å². The van der Waals surface area contributed by atoms with Crippen LogP contribution in [0.5, 0.6) is 0 Å². The summed E-state index contributed by atoms with van der Waals surface area (Å²) >= 11 is 0. The summed E-state index contributed by atoms with van der Waals surface area (Å²) in [5.41, 5.74) is 8.40. The lowest BCUT2D eigenvalue weighted by Crippen LogP contribution is -2.36. The number of hydrogen-bond donors (Lipinski definition) is 2. The van der Waals surface area contributed by atoms with E-state index in [1.165, 1.54) is 19.3 Å². The molecule has 0 bridgehead atoms. The van der Waals surface area contributed by atoms with Gasteiger partial charge in [-0.05, 0) is 31.9 Å². The Morgan fingerprint density at radius 1 is 1.33 bits per heavy atom. The molecule has 3 nitrogen and oxygen atoms in total. The highest BCUT2D eigenvalue weighted by Gasteiger charge is 2.19. The molecule has 1 aliphatic heterocycles. The summed E-state index contributed by atoms with van der Waals surface area (Å²) in [7, 11) is 0. The number of benzene rings is 1. The molecule has 96 valence electrons. The van der Waals surface area contributed by atoms with Gasteiger partial charge in [-0.15, -0.1) is 0 Å². The highest BCUT2D eigenvalue weighted by atomic mass is 16.3. The van der Waals surface area contributed by atoms with Crippen LogP contribution < -0.4 is 11.1 Å². The second-order valence-corrected chi connectivity index (χ2v) is 5.18. The minimum absolute atomic E-state index is 0.0595. The molecule has 18 heavy (non-hydrogen) atoms. The third kappa shape index (κ3) is 2.28. The van der Waals surface area contributed by atoms with Gasteiger partial charge in [0, 0.05) is 23.0 Å². The smallest absolute Gasteiger partial charge is 0.134 e. The van der Waals surface area contributed by atoms with Crippen molar-refractivity contribution in [2.24, 2.45) is 5.73 Å². The molecule has 0 aliphatic carbocycles. The van der Waals surface area contributed by atoms with Crippen LogP contribution in [0.3, 0.4) is 0 Å². The van der Waals surface area contributed by atoms with Crippen LogP contribution in [0.2, 0.25) is 0 Å². The van der Waals surface area contributed by atoms with Crippen molar-refractivity contribution in [2.75, 3.05) is 6.54 Å². The van der Waals surface area contributed by atoms with Crippen LogP contribution in [0.1, 0.15) is 37.3 Å². The zero-order chi connectivity index (χ0) is 12.4. The molecule has 1 fully saturated rings. The molecule has 1 aromatic carbocycles. The molecule has 0 radical (unpaired) electrons. The number of furan rings is 1. The normalized spacial score (nSPS) is 22.2. The fourth-order valence-corrected chi connectivity index (χ4v) is 2.84. The average molecular weight is 244 g/mol. The third-order valence-corrected chi connectivity index (χ3v) is 3.86. The van der Waals surface area contributed by atoms with Gasteiger partial charge in [0.1, 0.15) is 5.58 Å². The number of para-hydroxylation sites is 1. The minimum atomic E-state index is 0.0595. The molecule has 3 N–H and O–H groups in total. The molecule has 0 amide bonds. The summed E-state index contributed by atoms with van der Waals surface area (Å²) in [6.07, 6.45) is 6.65. The molecule has 0 saturated carbocycles. The fraction of sp³-hybridized carbons (Fsp3) is 0.467. The molecule has 1 aliphatic rings. The van der Waals surface area contributed by atoms with E-state index < -0.39 is 0 Å². The molecule has 2 heterocycles. The van der Waals surface area contributed by atoms with E-state index in [0.29, 0.717) is 6.04 Å². The van der Waals surface area contributed by atoms with Gasteiger partial charge >= 0.3 is 0 Å². The first-order chi connectivity index (χ1) is 8.84. The minimum Gasteiger partial charge on any atom is -0.464 e. The van der Waals surface area contributed by atoms with Gasteiger partial charge in [0.15, 0.2) is 0 Å².